The predicted molar refractivity (Wildman–Crippen MR) is 89.9 cm³/mol. The summed E-state index contributed by atoms with van der Waals surface area (Å²) in [6.07, 6.45) is 2.26. The molecule has 5 rings (SSSR count). The molecule has 0 aromatic rings. The standard InChI is InChI=1S/C20H22O6/c1-5-8(2)18(21)26-16-13-10(4)19(22)25-15(13)12-9(3)6-11-14(12)20(7-23-20)17(16)24-11/h5-6,11-17H,4,7H2,1-3H3. The van der Waals surface area contributed by atoms with Crippen molar-refractivity contribution >= 4 is 11.9 Å². The summed E-state index contributed by atoms with van der Waals surface area (Å²) in [6.45, 7) is 10.1. The first kappa shape index (κ1) is 16.3. The fourth-order valence-corrected chi connectivity index (χ4v) is 5.35. The van der Waals surface area contributed by atoms with Crippen molar-refractivity contribution < 1.29 is 28.5 Å². The van der Waals surface area contributed by atoms with Crippen LogP contribution in [-0.4, -0.2) is 48.6 Å². The van der Waals surface area contributed by atoms with E-state index in [-0.39, 0.29) is 24.0 Å². The summed E-state index contributed by atoms with van der Waals surface area (Å²) < 4.78 is 23.9. The zero-order chi connectivity index (χ0) is 18.4. The number of esters is 2. The minimum absolute atomic E-state index is 0.00668. The molecular formula is C20H22O6. The summed E-state index contributed by atoms with van der Waals surface area (Å²) >= 11 is 0. The van der Waals surface area contributed by atoms with E-state index in [0.717, 1.165) is 5.57 Å². The third kappa shape index (κ3) is 1.84. The van der Waals surface area contributed by atoms with Gasteiger partial charge in [-0.05, 0) is 20.8 Å². The lowest BCUT2D eigenvalue weighted by Crippen LogP contribution is -2.46. The maximum Gasteiger partial charge on any atom is 0.334 e. The summed E-state index contributed by atoms with van der Waals surface area (Å²) in [5.41, 5.74) is 1.55. The van der Waals surface area contributed by atoms with Crippen molar-refractivity contribution in [2.24, 2.45) is 17.8 Å². The number of allylic oxidation sites excluding steroid dienone is 1. The van der Waals surface area contributed by atoms with Gasteiger partial charge in [0, 0.05) is 23.0 Å². The number of fused-ring (bicyclic) bond motifs is 2. The van der Waals surface area contributed by atoms with Crippen molar-refractivity contribution in [2.75, 3.05) is 6.61 Å². The van der Waals surface area contributed by atoms with Crippen molar-refractivity contribution in [2.45, 2.75) is 50.8 Å². The fraction of sp³-hybridized carbons (Fsp3) is 0.600. The molecule has 0 N–H and O–H groups in total. The van der Waals surface area contributed by atoms with Crippen LogP contribution in [0.3, 0.4) is 0 Å². The van der Waals surface area contributed by atoms with Crippen LogP contribution >= 0.6 is 0 Å². The van der Waals surface area contributed by atoms with E-state index in [2.05, 4.69) is 12.7 Å². The normalized spacial score (nSPS) is 48.2. The third-order valence-electron chi connectivity index (χ3n) is 6.79. The first-order valence-electron chi connectivity index (χ1n) is 9.10. The van der Waals surface area contributed by atoms with Crippen molar-refractivity contribution in [3.05, 3.63) is 35.5 Å². The van der Waals surface area contributed by atoms with E-state index in [1.54, 1.807) is 19.9 Å². The maximum atomic E-state index is 12.5. The summed E-state index contributed by atoms with van der Waals surface area (Å²) in [5.74, 6) is -1.14. The van der Waals surface area contributed by atoms with Crippen LogP contribution in [0.15, 0.2) is 35.5 Å². The van der Waals surface area contributed by atoms with Crippen molar-refractivity contribution in [1.82, 2.24) is 0 Å². The topological polar surface area (TPSA) is 74.4 Å². The number of rotatable bonds is 2. The number of ether oxygens (including phenoxy) is 4. The van der Waals surface area contributed by atoms with Gasteiger partial charge in [0.1, 0.15) is 23.9 Å². The molecule has 0 aromatic carbocycles. The van der Waals surface area contributed by atoms with Crippen molar-refractivity contribution in [1.29, 1.82) is 0 Å². The Morgan fingerprint density at radius 2 is 2.15 bits per heavy atom. The van der Waals surface area contributed by atoms with Crippen LogP contribution in [0, 0.1) is 17.8 Å². The first-order chi connectivity index (χ1) is 12.4. The monoisotopic (exact) mass is 358 g/mol. The Balaban J connectivity index is 1.61. The van der Waals surface area contributed by atoms with Crippen LogP contribution in [0.2, 0.25) is 0 Å². The highest BCUT2D eigenvalue weighted by Gasteiger charge is 2.76. The Morgan fingerprint density at radius 1 is 1.42 bits per heavy atom. The summed E-state index contributed by atoms with van der Waals surface area (Å²) in [5, 5.41) is 0. The molecule has 3 aliphatic heterocycles. The number of hydrogen-bond donors (Lipinski definition) is 0. The van der Waals surface area contributed by atoms with E-state index in [4.69, 9.17) is 18.9 Å². The van der Waals surface area contributed by atoms with Gasteiger partial charge < -0.3 is 18.9 Å². The van der Waals surface area contributed by atoms with E-state index in [0.29, 0.717) is 17.8 Å². The van der Waals surface area contributed by atoms with Gasteiger partial charge in [-0.1, -0.05) is 24.3 Å². The van der Waals surface area contributed by atoms with Crippen LogP contribution < -0.4 is 0 Å². The molecule has 138 valence electrons. The molecule has 6 heteroatoms. The van der Waals surface area contributed by atoms with E-state index in [1.165, 1.54) is 0 Å². The molecule has 8 atom stereocenters. The molecule has 0 radical (unpaired) electrons. The average molecular weight is 358 g/mol. The lowest BCUT2D eigenvalue weighted by atomic mass is 9.78. The largest absolute Gasteiger partial charge is 0.458 e. The molecule has 6 nitrogen and oxygen atoms in total. The molecular weight excluding hydrogens is 336 g/mol. The summed E-state index contributed by atoms with van der Waals surface area (Å²) in [7, 11) is 0. The Kier molecular flexibility index (Phi) is 3.18. The second-order valence-electron chi connectivity index (χ2n) is 7.99. The highest BCUT2D eigenvalue weighted by atomic mass is 16.7. The van der Waals surface area contributed by atoms with E-state index >= 15 is 0 Å². The Labute approximate surface area is 151 Å². The molecule has 8 unspecified atom stereocenters. The highest BCUT2D eigenvalue weighted by Crippen LogP contribution is 2.63. The molecule has 1 saturated carbocycles. The van der Waals surface area contributed by atoms with Crippen molar-refractivity contribution in [3.8, 4) is 0 Å². The van der Waals surface area contributed by atoms with Crippen LogP contribution in [0.1, 0.15) is 20.8 Å². The van der Waals surface area contributed by atoms with Crippen LogP contribution in [0.5, 0.6) is 0 Å². The number of carbonyl (C=O) groups is 2. The zero-order valence-corrected chi connectivity index (χ0v) is 15.1. The molecule has 2 aliphatic carbocycles. The SMILES string of the molecule is C=C1C(=O)OC2C1C(OC(=O)C(C)=CC)C1OC3C=C(C)C2C3C12CO2. The van der Waals surface area contributed by atoms with Gasteiger partial charge in [-0.15, -0.1) is 0 Å². The van der Waals surface area contributed by atoms with Gasteiger partial charge in [0.2, 0.25) is 0 Å². The van der Waals surface area contributed by atoms with Crippen molar-refractivity contribution in [3.63, 3.8) is 0 Å². The van der Waals surface area contributed by atoms with Crippen LogP contribution in [-0.2, 0) is 28.5 Å². The third-order valence-corrected chi connectivity index (χ3v) is 6.79. The van der Waals surface area contributed by atoms with Gasteiger partial charge in [0.05, 0.1) is 18.6 Å². The Hall–Kier alpha value is -1.92. The van der Waals surface area contributed by atoms with Gasteiger partial charge in [-0.3, -0.25) is 0 Å². The fourth-order valence-electron chi connectivity index (χ4n) is 5.35. The van der Waals surface area contributed by atoms with Crippen LogP contribution in [0.4, 0.5) is 0 Å². The minimum Gasteiger partial charge on any atom is -0.458 e. The second-order valence-corrected chi connectivity index (χ2v) is 7.99. The van der Waals surface area contributed by atoms with Gasteiger partial charge in [-0.2, -0.15) is 0 Å². The maximum absolute atomic E-state index is 12.5. The molecule has 3 saturated heterocycles. The van der Waals surface area contributed by atoms with E-state index in [9.17, 15) is 9.59 Å². The Morgan fingerprint density at radius 3 is 2.81 bits per heavy atom. The number of carbonyl (C=O) groups excluding carboxylic acids is 2. The lowest BCUT2D eigenvalue weighted by molar-refractivity contribution is -0.161. The van der Waals surface area contributed by atoms with Gasteiger partial charge in [-0.25, -0.2) is 9.59 Å². The lowest BCUT2D eigenvalue weighted by Gasteiger charge is -2.32. The number of hydrogen-bond acceptors (Lipinski definition) is 6. The molecule has 2 bridgehead atoms. The number of epoxide rings is 1. The highest BCUT2D eigenvalue weighted by molar-refractivity contribution is 5.92. The molecule has 0 aromatic heterocycles. The zero-order valence-electron chi connectivity index (χ0n) is 15.1. The molecule has 5 aliphatic rings. The Bertz CT molecular complexity index is 788. The summed E-state index contributed by atoms with van der Waals surface area (Å²) in [4.78, 5) is 24.8. The quantitative estimate of drug-likeness (QED) is 0.324. The molecule has 1 spiro atoms. The van der Waals surface area contributed by atoms with Gasteiger partial charge in [0.15, 0.2) is 0 Å². The van der Waals surface area contributed by atoms with E-state index < -0.39 is 35.7 Å². The van der Waals surface area contributed by atoms with Crippen LogP contribution in [0.25, 0.3) is 0 Å². The molecule has 3 heterocycles. The average Bonchev–Trinajstić information content (AvgIpc) is 3.16. The molecule has 0 amide bonds. The predicted octanol–water partition coefficient (Wildman–Crippen LogP) is 1.70. The molecule has 26 heavy (non-hydrogen) atoms. The first-order valence-corrected chi connectivity index (χ1v) is 9.10. The van der Waals surface area contributed by atoms with Gasteiger partial charge in [0.25, 0.3) is 0 Å². The van der Waals surface area contributed by atoms with Gasteiger partial charge >= 0.3 is 11.9 Å². The van der Waals surface area contributed by atoms with E-state index in [1.807, 2.05) is 6.92 Å². The smallest absolute Gasteiger partial charge is 0.334 e. The second kappa shape index (κ2) is 5.08. The minimum atomic E-state index is -0.652. The summed E-state index contributed by atoms with van der Waals surface area (Å²) in [6, 6.07) is 0. The molecule has 4 fully saturated rings.